The summed E-state index contributed by atoms with van der Waals surface area (Å²) in [5.74, 6) is 2.54. The lowest BCUT2D eigenvalue weighted by molar-refractivity contribution is 0.384. The van der Waals surface area contributed by atoms with Crippen molar-refractivity contribution in [2.24, 2.45) is 0 Å². The zero-order valence-electron chi connectivity index (χ0n) is 16.0. The van der Waals surface area contributed by atoms with E-state index in [4.69, 9.17) is 9.26 Å². The number of aromatic nitrogens is 6. The summed E-state index contributed by atoms with van der Waals surface area (Å²) in [6.07, 6.45) is 5.21. The maximum atomic E-state index is 5.17. The van der Waals surface area contributed by atoms with Crippen LogP contribution < -0.4 is 15.4 Å². The zero-order chi connectivity index (χ0) is 20.1. The molecule has 0 amide bonds. The van der Waals surface area contributed by atoms with Crippen LogP contribution in [0.2, 0.25) is 0 Å². The van der Waals surface area contributed by atoms with E-state index in [2.05, 4.69) is 40.9 Å². The fraction of sp³-hybridized carbons (Fsp3) is 0.278. The van der Waals surface area contributed by atoms with Crippen LogP contribution in [0.1, 0.15) is 22.0 Å². The Bertz CT molecular complexity index is 1070. The largest absolute Gasteiger partial charge is 0.473 e. The molecule has 0 aliphatic heterocycles. The Hall–Kier alpha value is -3.47. The standard InChI is InChI=1S/C18H20N8O2S/c1-11-7-13(28-26-11)9-20-17-19-6-5-15(23-17)22-16-8-12(24-25-16)3-4-14-10-21-18(27-2)29-14/h5-8,10H,3-4,9H2,1-2H3,(H3,19,20,22,23,24,25). The quantitative estimate of drug-likeness (QED) is 0.380. The van der Waals surface area contributed by atoms with E-state index in [0.29, 0.717) is 29.3 Å². The van der Waals surface area contributed by atoms with Gasteiger partial charge >= 0.3 is 0 Å². The lowest BCUT2D eigenvalue weighted by atomic mass is 10.2. The van der Waals surface area contributed by atoms with Gasteiger partial charge in [0.2, 0.25) is 5.95 Å². The molecule has 0 aliphatic carbocycles. The monoisotopic (exact) mass is 412 g/mol. The number of ether oxygens (including phenoxy) is 1. The third-order valence-corrected chi connectivity index (χ3v) is 5.01. The molecule has 4 heterocycles. The van der Waals surface area contributed by atoms with Gasteiger partial charge in [0, 0.05) is 35.1 Å². The highest BCUT2D eigenvalue weighted by Crippen LogP contribution is 2.22. The van der Waals surface area contributed by atoms with E-state index in [-0.39, 0.29) is 0 Å². The van der Waals surface area contributed by atoms with Crippen molar-refractivity contribution < 1.29 is 9.26 Å². The predicted octanol–water partition coefficient (Wildman–Crippen LogP) is 3.10. The molecule has 29 heavy (non-hydrogen) atoms. The van der Waals surface area contributed by atoms with Crippen LogP contribution >= 0.6 is 11.3 Å². The summed E-state index contributed by atoms with van der Waals surface area (Å²) < 4.78 is 10.3. The highest BCUT2D eigenvalue weighted by atomic mass is 32.1. The van der Waals surface area contributed by atoms with Crippen LogP contribution in [0.5, 0.6) is 5.19 Å². The van der Waals surface area contributed by atoms with Gasteiger partial charge in [-0.2, -0.15) is 10.1 Å². The summed E-state index contributed by atoms with van der Waals surface area (Å²) in [5, 5.41) is 18.2. The van der Waals surface area contributed by atoms with E-state index in [1.165, 1.54) is 4.88 Å². The van der Waals surface area contributed by atoms with Gasteiger partial charge in [-0.1, -0.05) is 16.5 Å². The maximum Gasteiger partial charge on any atom is 0.273 e. The molecule has 0 saturated heterocycles. The van der Waals surface area contributed by atoms with Gasteiger partial charge in [0.1, 0.15) is 5.82 Å². The molecule has 3 N–H and O–H groups in total. The molecule has 4 aromatic rings. The molecule has 0 spiro atoms. The van der Waals surface area contributed by atoms with Crippen molar-refractivity contribution in [3.63, 3.8) is 0 Å². The number of methoxy groups -OCH3 is 1. The molecule has 0 fully saturated rings. The summed E-state index contributed by atoms with van der Waals surface area (Å²) in [6, 6.07) is 5.61. The number of thiazole rings is 1. The number of H-pyrrole nitrogens is 1. The number of anilines is 3. The van der Waals surface area contributed by atoms with Crippen molar-refractivity contribution in [1.82, 2.24) is 30.3 Å². The second-order valence-corrected chi connectivity index (χ2v) is 7.33. The van der Waals surface area contributed by atoms with Crippen LogP contribution in [-0.4, -0.2) is 37.4 Å². The average Bonchev–Trinajstić information content (AvgIpc) is 3.46. The van der Waals surface area contributed by atoms with Crippen molar-refractivity contribution in [3.8, 4) is 5.19 Å². The van der Waals surface area contributed by atoms with Gasteiger partial charge < -0.3 is 19.9 Å². The van der Waals surface area contributed by atoms with Gasteiger partial charge in [-0.05, 0) is 25.8 Å². The first kappa shape index (κ1) is 18.9. The number of hydrogen-bond donors (Lipinski definition) is 3. The van der Waals surface area contributed by atoms with E-state index in [9.17, 15) is 0 Å². The summed E-state index contributed by atoms with van der Waals surface area (Å²) in [7, 11) is 1.62. The van der Waals surface area contributed by atoms with Gasteiger partial charge in [-0.25, -0.2) is 9.97 Å². The molecule has 0 saturated carbocycles. The smallest absolute Gasteiger partial charge is 0.273 e. The fourth-order valence-electron chi connectivity index (χ4n) is 2.62. The van der Waals surface area contributed by atoms with Gasteiger partial charge in [0.05, 0.1) is 19.3 Å². The first-order valence-corrected chi connectivity index (χ1v) is 9.79. The Kier molecular flexibility index (Phi) is 5.66. The number of rotatable bonds is 9. The molecular formula is C18H20N8O2S. The number of aryl methyl sites for hydroxylation is 3. The normalized spacial score (nSPS) is 10.8. The molecule has 4 aromatic heterocycles. The van der Waals surface area contributed by atoms with Crippen molar-refractivity contribution in [2.45, 2.75) is 26.3 Å². The van der Waals surface area contributed by atoms with Crippen LogP contribution in [0.15, 0.2) is 35.1 Å². The predicted molar refractivity (Wildman–Crippen MR) is 109 cm³/mol. The van der Waals surface area contributed by atoms with Crippen LogP contribution in [0.25, 0.3) is 0 Å². The lowest BCUT2D eigenvalue weighted by Crippen LogP contribution is -2.04. The van der Waals surface area contributed by atoms with Crippen molar-refractivity contribution in [2.75, 3.05) is 17.7 Å². The first-order valence-electron chi connectivity index (χ1n) is 8.97. The van der Waals surface area contributed by atoms with Gasteiger partial charge in [0.15, 0.2) is 11.6 Å². The Morgan fingerprint density at radius 1 is 1.21 bits per heavy atom. The second-order valence-electron chi connectivity index (χ2n) is 6.25. The SMILES string of the molecule is COc1ncc(CCc2cc(Nc3ccnc(NCc4cc(C)no4)n3)n[nH]2)s1. The molecule has 0 bridgehead atoms. The molecule has 10 nitrogen and oxygen atoms in total. The minimum absolute atomic E-state index is 0.458. The number of nitrogens with zero attached hydrogens (tertiary/aromatic N) is 5. The summed E-state index contributed by atoms with van der Waals surface area (Å²) in [6.45, 7) is 2.33. The molecule has 4 rings (SSSR count). The van der Waals surface area contributed by atoms with Gasteiger partial charge in [0.25, 0.3) is 5.19 Å². The van der Waals surface area contributed by atoms with Gasteiger partial charge in [-0.3, -0.25) is 5.10 Å². The summed E-state index contributed by atoms with van der Waals surface area (Å²) in [4.78, 5) is 14.0. The van der Waals surface area contributed by atoms with Crippen molar-refractivity contribution in [3.05, 3.63) is 52.6 Å². The minimum Gasteiger partial charge on any atom is -0.473 e. The number of nitrogens with one attached hydrogen (secondary N) is 3. The van der Waals surface area contributed by atoms with Gasteiger partial charge in [-0.15, -0.1) is 0 Å². The minimum atomic E-state index is 0.458. The topological polar surface area (TPSA) is 127 Å². The molecule has 0 unspecified atom stereocenters. The second kappa shape index (κ2) is 8.69. The Morgan fingerprint density at radius 2 is 2.14 bits per heavy atom. The van der Waals surface area contributed by atoms with Crippen LogP contribution in [0.4, 0.5) is 17.6 Å². The van der Waals surface area contributed by atoms with Crippen molar-refractivity contribution in [1.29, 1.82) is 0 Å². The van der Waals surface area contributed by atoms with Crippen LogP contribution in [0, 0.1) is 6.92 Å². The van der Waals surface area contributed by atoms with E-state index >= 15 is 0 Å². The maximum absolute atomic E-state index is 5.17. The lowest BCUT2D eigenvalue weighted by Gasteiger charge is -2.05. The zero-order valence-corrected chi connectivity index (χ0v) is 16.8. The highest BCUT2D eigenvalue weighted by molar-refractivity contribution is 7.13. The molecule has 0 atom stereocenters. The molecule has 0 aliphatic rings. The third-order valence-electron chi connectivity index (χ3n) is 3.99. The highest BCUT2D eigenvalue weighted by Gasteiger charge is 2.07. The van der Waals surface area contributed by atoms with E-state index in [0.717, 1.165) is 30.0 Å². The Morgan fingerprint density at radius 3 is 2.93 bits per heavy atom. The van der Waals surface area contributed by atoms with Crippen LogP contribution in [0.3, 0.4) is 0 Å². The van der Waals surface area contributed by atoms with E-state index in [1.807, 2.05) is 25.3 Å². The third kappa shape index (κ3) is 5.08. The molecule has 150 valence electrons. The number of hydrogen-bond acceptors (Lipinski definition) is 10. The number of aromatic amines is 1. The Balaban J connectivity index is 1.32. The fourth-order valence-corrected chi connectivity index (χ4v) is 3.34. The average molecular weight is 412 g/mol. The van der Waals surface area contributed by atoms with Crippen molar-refractivity contribution >= 4 is 28.9 Å². The molecule has 0 radical (unpaired) electrons. The van der Waals surface area contributed by atoms with Crippen LogP contribution in [-0.2, 0) is 19.4 Å². The molecule has 11 heteroatoms. The van der Waals surface area contributed by atoms with E-state index in [1.54, 1.807) is 30.7 Å². The molecular weight excluding hydrogens is 392 g/mol. The van der Waals surface area contributed by atoms with E-state index < -0.39 is 0 Å². The summed E-state index contributed by atoms with van der Waals surface area (Å²) in [5.41, 5.74) is 1.86. The Labute approximate surface area is 170 Å². The first-order chi connectivity index (χ1) is 14.2. The summed E-state index contributed by atoms with van der Waals surface area (Å²) >= 11 is 1.55. The molecule has 0 aromatic carbocycles.